The SMILES string of the molecule is COc1ccc(C(=O)Nc2cnn3c2C(=O)N(c2ccc(C(F)(F)c4ccccc4)cc2)[C@H]2CN(CC(=O)N(C)C)C[C@H]23)cc1C#N. The van der Waals surface area contributed by atoms with Crippen LogP contribution in [0.25, 0.3) is 0 Å². The zero-order valence-electron chi connectivity index (χ0n) is 25.9. The number of carbonyl (C=O) groups is 3. The number of hydrogen-bond donors (Lipinski definition) is 1. The second kappa shape index (κ2) is 12.3. The Morgan fingerprint density at radius 1 is 1.04 bits per heavy atom. The molecular formula is C34H31F2N7O4. The molecule has 1 saturated heterocycles. The van der Waals surface area contributed by atoms with Crippen molar-refractivity contribution < 1.29 is 27.9 Å². The lowest BCUT2D eigenvalue weighted by Gasteiger charge is -2.37. The van der Waals surface area contributed by atoms with Crippen LogP contribution in [-0.4, -0.2) is 84.2 Å². The van der Waals surface area contributed by atoms with Gasteiger partial charge in [-0.15, -0.1) is 0 Å². The highest BCUT2D eigenvalue weighted by atomic mass is 19.3. The number of methoxy groups -OCH3 is 1. The molecule has 3 aromatic carbocycles. The number of benzene rings is 3. The standard InChI is InChI=1S/C34H31F2N7O4/c1-40(2)30(44)20-41-18-27-28(19-41)43-31(26(17-38-43)39-32(45)21-9-14-29(47-3)22(15-21)16-37)33(46)42(27)25-12-10-24(11-13-25)34(35,36)23-7-5-4-6-8-23/h4-15,17,27-28H,18-20H2,1-3H3,(H,39,45)/t27-,28+/m0/s1. The first-order chi connectivity index (χ1) is 22.5. The van der Waals surface area contributed by atoms with Crippen molar-refractivity contribution in [3.8, 4) is 11.8 Å². The highest BCUT2D eigenvalue weighted by Gasteiger charge is 2.48. The van der Waals surface area contributed by atoms with E-state index in [9.17, 15) is 19.6 Å². The molecule has 1 aromatic heterocycles. The molecule has 1 fully saturated rings. The Kier molecular flexibility index (Phi) is 8.21. The van der Waals surface area contributed by atoms with Gasteiger partial charge >= 0.3 is 0 Å². The van der Waals surface area contributed by atoms with Crippen molar-refractivity contribution in [1.82, 2.24) is 19.6 Å². The van der Waals surface area contributed by atoms with E-state index in [-0.39, 0.29) is 46.1 Å². The molecule has 13 heteroatoms. The molecule has 0 aliphatic carbocycles. The Morgan fingerprint density at radius 3 is 2.38 bits per heavy atom. The van der Waals surface area contributed by atoms with Gasteiger partial charge < -0.3 is 19.9 Å². The van der Waals surface area contributed by atoms with Gasteiger partial charge in [-0.3, -0.25) is 24.0 Å². The van der Waals surface area contributed by atoms with E-state index in [1.807, 2.05) is 11.0 Å². The Balaban J connectivity index is 1.35. The summed E-state index contributed by atoms with van der Waals surface area (Å²) in [6, 6.07) is 18.6. The lowest BCUT2D eigenvalue weighted by atomic mass is 9.99. The maximum Gasteiger partial charge on any atom is 0.298 e. The van der Waals surface area contributed by atoms with E-state index in [4.69, 9.17) is 4.74 Å². The van der Waals surface area contributed by atoms with E-state index in [2.05, 4.69) is 10.4 Å². The van der Waals surface area contributed by atoms with Crippen LogP contribution in [0, 0.1) is 11.3 Å². The van der Waals surface area contributed by atoms with Crippen LogP contribution in [0.2, 0.25) is 0 Å². The molecule has 4 aromatic rings. The van der Waals surface area contributed by atoms with Crippen molar-refractivity contribution in [1.29, 1.82) is 5.26 Å². The number of hydrogen-bond acceptors (Lipinski definition) is 7. The number of fused-ring (bicyclic) bond motifs is 3. The summed E-state index contributed by atoms with van der Waals surface area (Å²) in [6.45, 7) is 0.828. The van der Waals surface area contributed by atoms with E-state index in [0.29, 0.717) is 24.5 Å². The quantitative estimate of drug-likeness (QED) is 0.308. The average molecular weight is 640 g/mol. The number of aromatic nitrogens is 2. The summed E-state index contributed by atoms with van der Waals surface area (Å²) < 4.78 is 37.4. The topological polar surface area (TPSA) is 124 Å². The largest absolute Gasteiger partial charge is 0.495 e. The number of halogens is 2. The molecule has 11 nitrogen and oxygen atoms in total. The van der Waals surface area contributed by atoms with Gasteiger partial charge in [0.05, 0.1) is 43.2 Å². The van der Waals surface area contributed by atoms with Crippen LogP contribution in [0.4, 0.5) is 20.2 Å². The van der Waals surface area contributed by atoms with Gasteiger partial charge in [-0.1, -0.05) is 42.5 Å². The van der Waals surface area contributed by atoms with Gasteiger partial charge in [0.2, 0.25) is 5.91 Å². The molecule has 3 heterocycles. The molecule has 3 amide bonds. The fraction of sp³-hybridized carbons (Fsp3) is 0.265. The fourth-order valence-electron chi connectivity index (χ4n) is 6.07. The third kappa shape index (κ3) is 5.68. The van der Waals surface area contributed by atoms with Crippen molar-refractivity contribution in [2.45, 2.75) is 18.0 Å². The molecule has 6 rings (SSSR count). The lowest BCUT2D eigenvalue weighted by Crippen LogP contribution is -2.51. The first-order valence-corrected chi connectivity index (χ1v) is 14.8. The summed E-state index contributed by atoms with van der Waals surface area (Å²) in [5.74, 6) is -4.12. The van der Waals surface area contributed by atoms with Crippen LogP contribution >= 0.6 is 0 Å². The molecule has 240 valence electrons. The number of nitriles is 1. The van der Waals surface area contributed by atoms with Gasteiger partial charge in [-0.25, -0.2) is 0 Å². The normalized spacial score (nSPS) is 17.4. The van der Waals surface area contributed by atoms with Crippen LogP contribution in [0.1, 0.15) is 43.6 Å². The van der Waals surface area contributed by atoms with Crippen LogP contribution in [-0.2, 0) is 10.7 Å². The number of nitrogens with zero attached hydrogens (tertiary/aromatic N) is 6. The van der Waals surface area contributed by atoms with Crippen molar-refractivity contribution >= 4 is 29.1 Å². The minimum Gasteiger partial charge on any atom is -0.495 e. The van der Waals surface area contributed by atoms with Gasteiger partial charge in [0.25, 0.3) is 17.7 Å². The van der Waals surface area contributed by atoms with E-state index in [1.54, 1.807) is 37.0 Å². The van der Waals surface area contributed by atoms with Crippen molar-refractivity contribution in [3.63, 3.8) is 0 Å². The molecular weight excluding hydrogens is 608 g/mol. The summed E-state index contributed by atoms with van der Waals surface area (Å²) in [4.78, 5) is 45.1. The summed E-state index contributed by atoms with van der Waals surface area (Å²) in [7, 11) is 4.75. The number of rotatable bonds is 8. The van der Waals surface area contributed by atoms with Crippen LogP contribution < -0.4 is 15.0 Å². The Labute approximate surface area is 269 Å². The highest BCUT2D eigenvalue weighted by Crippen LogP contribution is 2.40. The first-order valence-electron chi connectivity index (χ1n) is 14.8. The molecule has 0 radical (unpaired) electrons. The van der Waals surface area contributed by atoms with Crippen molar-refractivity contribution in [2.75, 3.05) is 51.1 Å². The third-order valence-corrected chi connectivity index (χ3v) is 8.53. The summed E-state index contributed by atoms with van der Waals surface area (Å²) in [5, 5.41) is 16.7. The molecule has 0 unspecified atom stereocenters. The number of ether oxygens (including phenoxy) is 1. The second-order valence-corrected chi connectivity index (χ2v) is 11.6. The molecule has 47 heavy (non-hydrogen) atoms. The van der Waals surface area contributed by atoms with Gasteiger partial charge in [0.15, 0.2) is 5.69 Å². The smallest absolute Gasteiger partial charge is 0.298 e. The number of likely N-dealkylation sites (N-methyl/N-ethyl adjacent to an activating group) is 1. The van der Waals surface area contributed by atoms with Crippen molar-refractivity contribution in [3.05, 3.63) is 107 Å². The Hall–Kier alpha value is -5.61. The van der Waals surface area contributed by atoms with E-state index >= 15 is 8.78 Å². The monoisotopic (exact) mass is 639 g/mol. The molecule has 0 spiro atoms. The zero-order valence-corrected chi connectivity index (χ0v) is 25.9. The molecule has 0 saturated carbocycles. The predicted molar refractivity (Wildman–Crippen MR) is 169 cm³/mol. The summed E-state index contributed by atoms with van der Waals surface area (Å²) >= 11 is 0. The maximum atomic E-state index is 15.4. The van der Waals surface area contributed by atoms with Crippen molar-refractivity contribution in [2.24, 2.45) is 0 Å². The van der Waals surface area contributed by atoms with E-state index in [0.717, 1.165) is 0 Å². The number of likely N-dealkylation sites (tertiary alicyclic amines) is 1. The van der Waals surface area contributed by atoms with Crippen LogP contribution in [0.3, 0.4) is 0 Å². The number of amides is 3. The van der Waals surface area contributed by atoms with E-state index < -0.39 is 29.8 Å². The van der Waals surface area contributed by atoms with Gasteiger partial charge in [-0.2, -0.15) is 19.1 Å². The van der Waals surface area contributed by atoms with Gasteiger partial charge in [0, 0.05) is 49.6 Å². The molecule has 2 aliphatic heterocycles. The number of anilines is 2. The van der Waals surface area contributed by atoms with E-state index in [1.165, 1.54) is 77.7 Å². The minimum absolute atomic E-state index is 0.105. The Morgan fingerprint density at radius 2 is 1.72 bits per heavy atom. The van der Waals surface area contributed by atoms with Gasteiger partial charge in [0.1, 0.15) is 11.8 Å². The number of alkyl halides is 2. The van der Waals surface area contributed by atoms with Crippen LogP contribution in [0.15, 0.2) is 79.0 Å². The zero-order chi connectivity index (χ0) is 33.5. The summed E-state index contributed by atoms with van der Waals surface area (Å²) in [5.41, 5.74) is 0.596. The number of carbonyl (C=O) groups excluding carboxylic acids is 3. The molecule has 1 N–H and O–H groups in total. The van der Waals surface area contributed by atoms with Crippen LogP contribution in [0.5, 0.6) is 5.75 Å². The maximum absolute atomic E-state index is 15.4. The Bertz CT molecular complexity index is 1890. The van der Waals surface area contributed by atoms with Gasteiger partial charge in [-0.05, 0) is 30.3 Å². The first kappa shape index (κ1) is 31.4. The summed E-state index contributed by atoms with van der Waals surface area (Å²) in [6.07, 6.45) is 1.39. The number of nitrogens with one attached hydrogen (secondary N) is 1. The molecule has 2 aliphatic rings. The minimum atomic E-state index is -3.26. The average Bonchev–Trinajstić information content (AvgIpc) is 3.69. The third-order valence-electron chi connectivity index (χ3n) is 8.53. The predicted octanol–water partition coefficient (Wildman–Crippen LogP) is 4.13. The second-order valence-electron chi connectivity index (χ2n) is 11.6. The lowest BCUT2D eigenvalue weighted by molar-refractivity contribution is -0.129. The molecule has 0 bridgehead atoms. The molecule has 2 atom stereocenters. The highest BCUT2D eigenvalue weighted by molar-refractivity contribution is 6.13. The fourth-order valence-corrected chi connectivity index (χ4v) is 6.07.